The van der Waals surface area contributed by atoms with E-state index in [0.29, 0.717) is 29.4 Å². The van der Waals surface area contributed by atoms with Crippen molar-refractivity contribution in [3.05, 3.63) is 47.2 Å². The van der Waals surface area contributed by atoms with Gasteiger partial charge in [0.2, 0.25) is 5.88 Å². The number of benzene rings is 1. The van der Waals surface area contributed by atoms with Crippen molar-refractivity contribution in [1.29, 1.82) is 0 Å². The minimum Gasteiger partial charge on any atom is -0.438 e. The van der Waals surface area contributed by atoms with Gasteiger partial charge < -0.3 is 14.8 Å². The van der Waals surface area contributed by atoms with Crippen LogP contribution in [-0.2, 0) is 0 Å². The van der Waals surface area contributed by atoms with Gasteiger partial charge in [0.15, 0.2) is 5.84 Å². The third-order valence-corrected chi connectivity index (χ3v) is 6.25. The van der Waals surface area contributed by atoms with E-state index in [-0.39, 0.29) is 0 Å². The van der Waals surface area contributed by atoms with Crippen molar-refractivity contribution in [2.24, 2.45) is 5.16 Å². The van der Waals surface area contributed by atoms with Gasteiger partial charge in [-0.05, 0) is 89.1 Å². The van der Waals surface area contributed by atoms with Crippen LogP contribution < -0.4 is 4.74 Å². The summed E-state index contributed by atoms with van der Waals surface area (Å²) in [7, 11) is 0. The number of rotatable bonds is 4. The van der Waals surface area contributed by atoms with Crippen molar-refractivity contribution in [2.45, 2.75) is 63.9 Å². The number of amidine groups is 1. The summed E-state index contributed by atoms with van der Waals surface area (Å²) in [6, 6.07) is 10.5. The molecule has 1 aliphatic heterocycles. The van der Waals surface area contributed by atoms with Crippen LogP contribution in [0.5, 0.6) is 11.6 Å². The summed E-state index contributed by atoms with van der Waals surface area (Å²) in [4.78, 5) is 8.01. The van der Waals surface area contributed by atoms with Crippen molar-refractivity contribution < 1.29 is 9.94 Å². The highest BCUT2D eigenvalue weighted by atomic mass is 32.2. The van der Waals surface area contributed by atoms with Gasteiger partial charge in [-0.25, -0.2) is 4.98 Å². The van der Waals surface area contributed by atoms with Crippen molar-refractivity contribution in [3.8, 4) is 11.6 Å². The SMILES string of the molecule is CSc1ccc(Oc2nc(C)ccc2/C(=N/O)N2C(C)CCCC2C)cc1C. The molecule has 1 fully saturated rings. The Labute approximate surface area is 171 Å². The number of aryl methyl sites for hydroxylation is 2. The predicted molar refractivity (Wildman–Crippen MR) is 115 cm³/mol. The minimum absolute atomic E-state index is 0.298. The molecule has 0 aliphatic carbocycles. The van der Waals surface area contributed by atoms with Gasteiger partial charge in [0.25, 0.3) is 0 Å². The maximum Gasteiger partial charge on any atom is 0.230 e. The highest BCUT2D eigenvalue weighted by Gasteiger charge is 2.31. The summed E-state index contributed by atoms with van der Waals surface area (Å²) < 4.78 is 6.18. The molecule has 0 radical (unpaired) electrons. The first kappa shape index (κ1) is 20.5. The first-order chi connectivity index (χ1) is 13.4. The Morgan fingerprint density at radius 3 is 2.50 bits per heavy atom. The third-order valence-electron chi connectivity index (χ3n) is 5.35. The second-order valence-electron chi connectivity index (χ2n) is 7.50. The second kappa shape index (κ2) is 8.86. The molecule has 28 heavy (non-hydrogen) atoms. The number of hydrogen-bond donors (Lipinski definition) is 1. The van der Waals surface area contributed by atoms with Crippen LogP contribution in [0.3, 0.4) is 0 Å². The lowest BCUT2D eigenvalue weighted by atomic mass is 9.96. The van der Waals surface area contributed by atoms with Gasteiger partial charge in [0, 0.05) is 22.7 Å². The van der Waals surface area contributed by atoms with Gasteiger partial charge in [-0.1, -0.05) is 5.16 Å². The average molecular weight is 400 g/mol. The van der Waals surface area contributed by atoms with E-state index in [2.05, 4.69) is 48.1 Å². The molecule has 2 unspecified atom stereocenters. The van der Waals surface area contributed by atoms with Crippen molar-refractivity contribution >= 4 is 17.6 Å². The average Bonchev–Trinajstić information content (AvgIpc) is 2.66. The molecule has 2 atom stereocenters. The van der Waals surface area contributed by atoms with Crippen LogP contribution in [0.1, 0.15) is 49.9 Å². The van der Waals surface area contributed by atoms with E-state index in [1.165, 1.54) is 11.3 Å². The molecular weight excluding hydrogens is 370 g/mol. The maximum absolute atomic E-state index is 9.90. The zero-order chi connectivity index (χ0) is 20.3. The summed E-state index contributed by atoms with van der Waals surface area (Å²) >= 11 is 1.71. The standard InChI is InChI=1S/C22H29N3O2S/c1-14-13-18(10-12-20(14)28-5)27-22-19(11-9-15(2)23-22)21(24-26)25-16(3)7-6-8-17(25)4/h9-13,16-17,26H,6-8H2,1-5H3/b24-21-. The highest BCUT2D eigenvalue weighted by molar-refractivity contribution is 7.98. The normalized spacial score (nSPS) is 20.3. The molecular formula is C22H29N3O2S. The molecule has 1 aromatic carbocycles. The van der Waals surface area contributed by atoms with Crippen LogP contribution >= 0.6 is 11.8 Å². The molecule has 0 bridgehead atoms. The quantitative estimate of drug-likeness (QED) is 0.238. The van der Waals surface area contributed by atoms with Crippen molar-refractivity contribution in [1.82, 2.24) is 9.88 Å². The Morgan fingerprint density at radius 2 is 1.89 bits per heavy atom. The van der Waals surface area contributed by atoms with Crippen LogP contribution in [0.25, 0.3) is 0 Å². The summed E-state index contributed by atoms with van der Waals surface area (Å²) in [6.45, 7) is 8.35. The first-order valence-corrected chi connectivity index (χ1v) is 11.0. The summed E-state index contributed by atoms with van der Waals surface area (Å²) in [5.41, 5.74) is 2.72. The van der Waals surface area contributed by atoms with Gasteiger partial charge in [-0.3, -0.25) is 0 Å². The molecule has 0 spiro atoms. The van der Waals surface area contributed by atoms with Crippen molar-refractivity contribution in [3.63, 3.8) is 0 Å². The number of ether oxygens (including phenoxy) is 1. The zero-order valence-electron chi connectivity index (χ0n) is 17.3. The summed E-state index contributed by atoms with van der Waals surface area (Å²) in [5, 5.41) is 13.6. The van der Waals surface area contributed by atoms with Gasteiger partial charge in [0.1, 0.15) is 5.75 Å². The smallest absolute Gasteiger partial charge is 0.230 e. The number of likely N-dealkylation sites (tertiary alicyclic amines) is 1. The van der Waals surface area contributed by atoms with Crippen LogP contribution in [0.2, 0.25) is 0 Å². The van der Waals surface area contributed by atoms with Crippen LogP contribution in [0.4, 0.5) is 0 Å². The number of aromatic nitrogens is 1. The molecule has 2 aromatic rings. The van der Waals surface area contributed by atoms with Crippen LogP contribution in [-0.4, -0.2) is 39.3 Å². The maximum atomic E-state index is 9.90. The highest BCUT2D eigenvalue weighted by Crippen LogP contribution is 2.32. The fourth-order valence-corrected chi connectivity index (χ4v) is 4.48. The van der Waals surface area contributed by atoms with E-state index >= 15 is 0 Å². The predicted octanol–water partition coefficient (Wildman–Crippen LogP) is 5.61. The number of hydrogen-bond acceptors (Lipinski definition) is 5. The number of nitrogens with zero attached hydrogens (tertiary/aromatic N) is 3. The fraction of sp³-hybridized carbons (Fsp3) is 0.455. The van der Waals surface area contributed by atoms with E-state index < -0.39 is 0 Å². The van der Waals surface area contributed by atoms with Gasteiger partial charge >= 0.3 is 0 Å². The lowest BCUT2D eigenvalue weighted by Gasteiger charge is -2.40. The molecule has 3 rings (SSSR count). The number of thioether (sulfide) groups is 1. The van der Waals surface area contributed by atoms with Crippen LogP contribution in [0.15, 0.2) is 40.4 Å². The first-order valence-electron chi connectivity index (χ1n) is 9.75. The molecule has 1 N–H and O–H groups in total. The van der Waals surface area contributed by atoms with E-state index in [4.69, 9.17) is 4.74 Å². The molecule has 6 heteroatoms. The van der Waals surface area contributed by atoms with E-state index in [1.807, 2.05) is 31.2 Å². The molecule has 150 valence electrons. The molecule has 2 heterocycles. The Balaban J connectivity index is 1.99. The fourth-order valence-electron chi connectivity index (χ4n) is 3.89. The molecule has 1 aliphatic rings. The zero-order valence-corrected chi connectivity index (χ0v) is 18.1. The minimum atomic E-state index is 0.298. The molecule has 0 saturated carbocycles. The van der Waals surface area contributed by atoms with E-state index in [1.54, 1.807) is 11.8 Å². The summed E-state index contributed by atoms with van der Waals surface area (Å²) in [5.74, 6) is 1.72. The summed E-state index contributed by atoms with van der Waals surface area (Å²) in [6.07, 6.45) is 5.41. The second-order valence-corrected chi connectivity index (χ2v) is 8.35. The lowest BCUT2D eigenvalue weighted by molar-refractivity contribution is 0.181. The monoisotopic (exact) mass is 399 g/mol. The molecule has 1 aromatic heterocycles. The third kappa shape index (κ3) is 4.27. The lowest BCUT2D eigenvalue weighted by Crippen LogP contribution is -2.48. The molecule has 0 amide bonds. The molecule has 5 nitrogen and oxygen atoms in total. The van der Waals surface area contributed by atoms with Crippen molar-refractivity contribution in [2.75, 3.05) is 6.26 Å². The number of piperidine rings is 1. The molecule has 1 saturated heterocycles. The van der Waals surface area contributed by atoms with E-state index in [9.17, 15) is 5.21 Å². The number of oxime groups is 1. The Morgan fingerprint density at radius 1 is 1.18 bits per heavy atom. The van der Waals surface area contributed by atoms with Gasteiger partial charge in [-0.15, -0.1) is 11.8 Å². The van der Waals surface area contributed by atoms with Crippen LogP contribution in [0, 0.1) is 13.8 Å². The van der Waals surface area contributed by atoms with Gasteiger partial charge in [-0.2, -0.15) is 0 Å². The van der Waals surface area contributed by atoms with Gasteiger partial charge in [0.05, 0.1) is 5.56 Å². The Kier molecular flexibility index (Phi) is 6.50. The Hall–Kier alpha value is -2.21. The Bertz CT molecular complexity index is 859. The topological polar surface area (TPSA) is 58.0 Å². The number of pyridine rings is 1. The largest absolute Gasteiger partial charge is 0.438 e. The van der Waals surface area contributed by atoms with E-state index in [0.717, 1.165) is 29.8 Å².